The maximum atomic E-state index is 11.4. The fourth-order valence-electron chi connectivity index (χ4n) is 3.65. The summed E-state index contributed by atoms with van der Waals surface area (Å²) in [6.45, 7) is 11.3. The van der Waals surface area contributed by atoms with E-state index >= 15 is 0 Å². The zero-order valence-electron chi connectivity index (χ0n) is 14.5. The summed E-state index contributed by atoms with van der Waals surface area (Å²) in [6.07, 6.45) is 6.59. The first-order chi connectivity index (χ1) is 10.6. The van der Waals surface area contributed by atoms with Gasteiger partial charge in [0.15, 0.2) is 5.96 Å². The Morgan fingerprint density at radius 1 is 1.09 bits per heavy atom. The number of rotatable bonds is 4. The molecule has 1 N–H and O–H groups in total. The Morgan fingerprint density at radius 3 is 2.18 bits per heavy atom. The zero-order valence-corrected chi connectivity index (χ0v) is 14.5. The Morgan fingerprint density at radius 2 is 1.68 bits per heavy atom. The highest BCUT2D eigenvalue weighted by atomic mass is 16.2. The lowest BCUT2D eigenvalue weighted by Gasteiger charge is -2.36. The maximum absolute atomic E-state index is 11.4. The molecule has 1 amide bonds. The average molecular weight is 308 g/mol. The van der Waals surface area contributed by atoms with Crippen LogP contribution in [-0.4, -0.2) is 60.9 Å². The summed E-state index contributed by atoms with van der Waals surface area (Å²) in [6, 6.07) is 0. The van der Waals surface area contributed by atoms with Crippen molar-refractivity contribution < 1.29 is 4.79 Å². The van der Waals surface area contributed by atoms with Crippen molar-refractivity contribution in [3.8, 4) is 0 Å². The molecule has 1 aliphatic heterocycles. The molecule has 2 aliphatic rings. The molecule has 0 spiro atoms. The van der Waals surface area contributed by atoms with Gasteiger partial charge in [0, 0.05) is 46.2 Å². The highest BCUT2D eigenvalue weighted by molar-refractivity contribution is 5.80. The lowest BCUT2D eigenvalue weighted by molar-refractivity contribution is -0.130. The van der Waals surface area contributed by atoms with E-state index in [9.17, 15) is 4.79 Å². The first kappa shape index (κ1) is 17.1. The number of nitrogens with one attached hydrogen (secondary N) is 1. The van der Waals surface area contributed by atoms with E-state index in [0.717, 1.165) is 45.2 Å². The molecule has 0 unspecified atom stereocenters. The highest BCUT2D eigenvalue weighted by Crippen LogP contribution is 2.41. The van der Waals surface area contributed by atoms with Gasteiger partial charge in [0.25, 0.3) is 0 Å². The van der Waals surface area contributed by atoms with E-state index < -0.39 is 0 Å². The summed E-state index contributed by atoms with van der Waals surface area (Å²) >= 11 is 0. The van der Waals surface area contributed by atoms with E-state index in [-0.39, 0.29) is 5.91 Å². The van der Waals surface area contributed by atoms with Crippen LogP contribution in [0.5, 0.6) is 0 Å². The quantitative estimate of drug-likeness (QED) is 0.639. The number of carbonyl (C=O) groups is 1. The molecular formula is C17H32N4O. The lowest BCUT2D eigenvalue weighted by atomic mass is 9.83. The minimum atomic E-state index is 0.178. The normalized spacial score (nSPS) is 22.0. The van der Waals surface area contributed by atoms with Gasteiger partial charge in [-0.15, -0.1) is 0 Å². The first-order valence-corrected chi connectivity index (χ1v) is 8.89. The van der Waals surface area contributed by atoms with Crippen LogP contribution in [0.15, 0.2) is 4.99 Å². The summed E-state index contributed by atoms with van der Waals surface area (Å²) in [7, 11) is 0. The summed E-state index contributed by atoms with van der Waals surface area (Å²) in [5.41, 5.74) is 0.432. The molecule has 0 bridgehead atoms. The van der Waals surface area contributed by atoms with Crippen LogP contribution in [0.1, 0.15) is 52.9 Å². The second-order valence-electron chi connectivity index (χ2n) is 6.72. The number of amides is 1. The third-order valence-electron chi connectivity index (χ3n) is 5.34. The molecule has 22 heavy (non-hydrogen) atoms. The van der Waals surface area contributed by atoms with Crippen LogP contribution in [0, 0.1) is 5.41 Å². The van der Waals surface area contributed by atoms with Crippen molar-refractivity contribution in [2.45, 2.75) is 52.9 Å². The van der Waals surface area contributed by atoms with Crippen molar-refractivity contribution in [3.63, 3.8) is 0 Å². The summed E-state index contributed by atoms with van der Waals surface area (Å²) in [4.78, 5) is 20.6. The number of aliphatic imine (C=N–C) groups is 1. The van der Waals surface area contributed by atoms with E-state index in [4.69, 9.17) is 4.99 Å². The number of hydrogen-bond donors (Lipinski definition) is 1. The van der Waals surface area contributed by atoms with Gasteiger partial charge in [-0.2, -0.15) is 0 Å². The molecule has 1 heterocycles. The first-order valence-electron chi connectivity index (χ1n) is 8.89. The molecule has 0 radical (unpaired) electrons. The standard InChI is InChI=1S/C17H32N4O/c1-4-17(8-6-7-9-17)14-19-16(18-5-2)21-12-10-20(11-13-21)15(3)22/h4-14H2,1-3H3,(H,18,19). The van der Waals surface area contributed by atoms with Crippen LogP contribution in [0.25, 0.3) is 0 Å². The van der Waals surface area contributed by atoms with Crippen molar-refractivity contribution >= 4 is 11.9 Å². The lowest BCUT2D eigenvalue weighted by Crippen LogP contribution is -2.53. The van der Waals surface area contributed by atoms with Crippen LogP contribution in [0.3, 0.4) is 0 Å². The molecular weight excluding hydrogens is 276 g/mol. The summed E-state index contributed by atoms with van der Waals surface area (Å²) in [5.74, 6) is 1.21. The molecule has 0 aromatic heterocycles. The molecule has 2 rings (SSSR count). The minimum Gasteiger partial charge on any atom is -0.357 e. The minimum absolute atomic E-state index is 0.178. The van der Waals surface area contributed by atoms with Gasteiger partial charge in [0.2, 0.25) is 5.91 Å². The van der Waals surface area contributed by atoms with Crippen molar-refractivity contribution in [2.24, 2.45) is 10.4 Å². The Balaban J connectivity index is 1.97. The molecule has 126 valence electrons. The molecule has 1 saturated heterocycles. The van der Waals surface area contributed by atoms with Gasteiger partial charge in [-0.05, 0) is 31.6 Å². The van der Waals surface area contributed by atoms with Gasteiger partial charge in [-0.25, -0.2) is 0 Å². The number of carbonyl (C=O) groups excluding carboxylic acids is 1. The Bertz CT molecular complexity index is 393. The van der Waals surface area contributed by atoms with Gasteiger partial charge in [0.1, 0.15) is 0 Å². The number of guanidine groups is 1. The van der Waals surface area contributed by atoms with Gasteiger partial charge in [0.05, 0.1) is 0 Å². The van der Waals surface area contributed by atoms with Crippen LogP contribution in [0.2, 0.25) is 0 Å². The smallest absolute Gasteiger partial charge is 0.219 e. The number of hydrogen-bond acceptors (Lipinski definition) is 2. The molecule has 5 heteroatoms. The molecule has 0 aromatic rings. The topological polar surface area (TPSA) is 47.9 Å². The zero-order chi connectivity index (χ0) is 16.0. The van der Waals surface area contributed by atoms with Crippen LogP contribution < -0.4 is 5.32 Å². The third-order valence-corrected chi connectivity index (χ3v) is 5.34. The second-order valence-corrected chi connectivity index (χ2v) is 6.72. The Kier molecular flexibility index (Phi) is 6.09. The van der Waals surface area contributed by atoms with Gasteiger partial charge >= 0.3 is 0 Å². The molecule has 1 aliphatic carbocycles. The van der Waals surface area contributed by atoms with E-state index in [0.29, 0.717) is 5.41 Å². The van der Waals surface area contributed by atoms with E-state index in [2.05, 4.69) is 24.1 Å². The largest absolute Gasteiger partial charge is 0.357 e. The van der Waals surface area contributed by atoms with Crippen LogP contribution in [-0.2, 0) is 4.79 Å². The molecule has 2 fully saturated rings. The van der Waals surface area contributed by atoms with Crippen molar-refractivity contribution in [2.75, 3.05) is 39.3 Å². The predicted molar refractivity (Wildman–Crippen MR) is 91.0 cm³/mol. The highest BCUT2D eigenvalue weighted by Gasteiger charge is 2.32. The van der Waals surface area contributed by atoms with E-state index in [1.54, 1.807) is 6.92 Å². The Labute approximate surface area is 135 Å². The number of nitrogens with zero attached hydrogens (tertiary/aromatic N) is 3. The van der Waals surface area contributed by atoms with Crippen molar-refractivity contribution in [1.82, 2.24) is 15.1 Å². The fourth-order valence-corrected chi connectivity index (χ4v) is 3.65. The monoisotopic (exact) mass is 308 g/mol. The van der Waals surface area contributed by atoms with E-state index in [1.807, 2.05) is 4.90 Å². The van der Waals surface area contributed by atoms with Crippen LogP contribution in [0.4, 0.5) is 0 Å². The molecule has 1 saturated carbocycles. The summed E-state index contributed by atoms with van der Waals surface area (Å²) in [5, 5.41) is 3.43. The van der Waals surface area contributed by atoms with Crippen molar-refractivity contribution in [3.05, 3.63) is 0 Å². The maximum Gasteiger partial charge on any atom is 0.219 e. The van der Waals surface area contributed by atoms with E-state index in [1.165, 1.54) is 32.1 Å². The molecule has 0 aromatic carbocycles. The Hall–Kier alpha value is -1.26. The van der Waals surface area contributed by atoms with Gasteiger partial charge in [-0.1, -0.05) is 19.8 Å². The average Bonchev–Trinajstić information content (AvgIpc) is 3.01. The number of piperazine rings is 1. The van der Waals surface area contributed by atoms with Gasteiger partial charge < -0.3 is 15.1 Å². The molecule has 0 atom stereocenters. The SMILES string of the molecule is CCNC(=NCC1(CC)CCCC1)N1CCN(C(C)=O)CC1. The van der Waals surface area contributed by atoms with Crippen molar-refractivity contribution in [1.29, 1.82) is 0 Å². The fraction of sp³-hybridized carbons (Fsp3) is 0.882. The third kappa shape index (κ3) is 4.14. The van der Waals surface area contributed by atoms with Crippen LogP contribution >= 0.6 is 0 Å². The summed E-state index contributed by atoms with van der Waals surface area (Å²) < 4.78 is 0. The molecule has 5 nitrogen and oxygen atoms in total. The van der Waals surface area contributed by atoms with Gasteiger partial charge in [-0.3, -0.25) is 9.79 Å². The predicted octanol–water partition coefficient (Wildman–Crippen LogP) is 2.09. The second kappa shape index (κ2) is 7.84.